The van der Waals surface area contributed by atoms with Gasteiger partial charge in [0.05, 0.1) is 17.7 Å². The third kappa shape index (κ3) is 5.72. The third-order valence-corrected chi connectivity index (χ3v) is 5.51. The second kappa shape index (κ2) is 9.94. The molecule has 1 aromatic rings. The maximum atomic E-state index is 12.7. The van der Waals surface area contributed by atoms with Crippen molar-refractivity contribution in [1.29, 1.82) is 0 Å². The smallest absolute Gasteiger partial charge is 0.230 e. The first-order valence-corrected chi connectivity index (χ1v) is 10.5. The van der Waals surface area contributed by atoms with Crippen LogP contribution in [-0.2, 0) is 11.3 Å². The summed E-state index contributed by atoms with van der Waals surface area (Å²) in [5.41, 5.74) is 1.91. The summed E-state index contributed by atoms with van der Waals surface area (Å²) in [4.78, 5) is 19.3. The molecule has 7 nitrogen and oxygen atoms in total. The van der Waals surface area contributed by atoms with Gasteiger partial charge in [0.25, 0.3) is 0 Å². The molecule has 1 heterocycles. The molecule has 1 saturated carbocycles. The van der Waals surface area contributed by atoms with Crippen LogP contribution in [-0.4, -0.2) is 60.3 Å². The van der Waals surface area contributed by atoms with Crippen LogP contribution in [0.4, 0.5) is 0 Å². The number of aliphatic imine (C=N–C) groups is 1. The van der Waals surface area contributed by atoms with Crippen molar-refractivity contribution in [2.24, 2.45) is 16.3 Å². The molecule has 0 spiro atoms. The molecule has 1 aliphatic rings. The number of nitrogens with zero attached hydrogens (tertiary/aromatic N) is 4. The number of aryl methyl sites for hydroxylation is 2. The minimum absolute atomic E-state index is 0.211. The van der Waals surface area contributed by atoms with E-state index in [4.69, 9.17) is 4.99 Å². The zero-order valence-electron chi connectivity index (χ0n) is 18.5. The summed E-state index contributed by atoms with van der Waals surface area (Å²) >= 11 is 0. The van der Waals surface area contributed by atoms with Gasteiger partial charge < -0.3 is 15.5 Å². The summed E-state index contributed by atoms with van der Waals surface area (Å²) in [6.45, 7) is 11.4. The zero-order chi connectivity index (χ0) is 20.7. The van der Waals surface area contributed by atoms with E-state index in [9.17, 15) is 4.79 Å². The van der Waals surface area contributed by atoms with Gasteiger partial charge >= 0.3 is 0 Å². The van der Waals surface area contributed by atoms with Crippen LogP contribution in [0.15, 0.2) is 11.1 Å². The monoisotopic (exact) mass is 390 g/mol. The first-order valence-electron chi connectivity index (χ1n) is 10.5. The fourth-order valence-electron chi connectivity index (χ4n) is 4.03. The summed E-state index contributed by atoms with van der Waals surface area (Å²) < 4.78 is 2.06. The van der Waals surface area contributed by atoms with Crippen LogP contribution in [0.2, 0.25) is 0 Å². The Bertz CT molecular complexity index is 672. The molecular formula is C21H38N6O. The van der Waals surface area contributed by atoms with Gasteiger partial charge in [-0.25, -0.2) is 0 Å². The number of rotatable bonds is 8. The summed E-state index contributed by atoms with van der Waals surface area (Å²) in [5.74, 6) is 1.41. The molecule has 1 atom stereocenters. The maximum absolute atomic E-state index is 12.7. The van der Waals surface area contributed by atoms with Crippen molar-refractivity contribution in [2.75, 3.05) is 33.7 Å². The van der Waals surface area contributed by atoms with Crippen LogP contribution in [0.25, 0.3) is 0 Å². The van der Waals surface area contributed by atoms with Gasteiger partial charge in [0.2, 0.25) is 5.91 Å². The highest BCUT2D eigenvalue weighted by Gasteiger charge is 2.42. The van der Waals surface area contributed by atoms with E-state index < -0.39 is 0 Å². The van der Waals surface area contributed by atoms with Gasteiger partial charge in [-0.05, 0) is 45.6 Å². The minimum atomic E-state index is -0.332. The molecule has 1 aromatic heterocycles. The van der Waals surface area contributed by atoms with Gasteiger partial charge in [-0.2, -0.15) is 5.10 Å². The van der Waals surface area contributed by atoms with Gasteiger partial charge in [0.1, 0.15) is 0 Å². The molecule has 0 bridgehead atoms. The molecule has 0 aromatic carbocycles. The average molecular weight is 391 g/mol. The molecule has 7 heteroatoms. The first kappa shape index (κ1) is 22.2. The van der Waals surface area contributed by atoms with Crippen LogP contribution >= 0.6 is 0 Å². The van der Waals surface area contributed by atoms with E-state index in [0.29, 0.717) is 12.5 Å². The van der Waals surface area contributed by atoms with E-state index >= 15 is 0 Å². The third-order valence-electron chi connectivity index (χ3n) is 5.51. The predicted octanol–water partition coefficient (Wildman–Crippen LogP) is 2.34. The summed E-state index contributed by atoms with van der Waals surface area (Å²) in [6.07, 6.45) is 4.08. The quantitative estimate of drug-likeness (QED) is 0.528. The molecule has 1 fully saturated rings. The van der Waals surface area contributed by atoms with E-state index in [-0.39, 0.29) is 11.3 Å². The average Bonchev–Trinajstić information content (AvgIpc) is 3.24. The highest BCUT2D eigenvalue weighted by Crippen LogP contribution is 2.39. The van der Waals surface area contributed by atoms with Gasteiger partial charge in [0, 0.05) is 39.4 Å². The standard InChI is InChI=1S/C21H38N6O/c1-7-22-20(23-13-16(2)14-27-18(4)12-17(3)25-27)24-15-21(10-8-9-11-21)19(28)26(5)6/h12,16H,7-11,13-15H2,1-6H3,(H2,22,23,24). The van der Waals surface area contributed by atoms with E-state index in [1.807, 2.05) is 21.0 Å². The summed E-state index contributed by atoms with van der Waals surface area (Å²) in [5, 5.41) is 11.3. The van der Waals surface area contributed by atoms with Crippen LogP contribution < -0.4 is 10.6 Å². The van der Waals surface area contributed by atoms with Crippen molar-refractivity contribution in [3.05, 3.63) is 17.5 Å². The van der Waals surface area contributed by atoms with Crippen molar-refractivity contribution in [1.82, 2.24) is 25.3 Å². The van der Waals surface area contributed by atoms with Crippen molar-refractivity contribution < 1.29 is 4.79 Å². The van der Waals surface area contributed by atoms with E-state index in [2.05, 4.69) is 47.3 Å². The molecule has 0 radical (unpaired) electrons. The Balaban J connectivity index is 1.97. The molecule has 0 aliphatic heterocycles. The fraction of sp³-hybridized carbons (Fsp3) is 0.762. The lowest BCUT2D eigenvalue weighted by atomic mass is 9.85. The Morgan fingerprint density at radius 2 is 2.00 bits per heavy atom. The zero-order valence-corrected chi connectivity index (χ0v) is 18.5. The minimum Gasteiger partial charge on any atom is -0.357 e. The van der Waals surface area contributed by atoms with Crippen LogP contribution in [0.1, 0.15) is 50.9 Å². The molecular weight excluding hydrogens is 352 g/mol. The number of carbonyl (C=O) groups is 1. The number of hydrogen-bond acceptors (Lipinski definition) is 3. The van der Waals surface area contributed by atoms with Crippen LogP contribution in [0.3, 0.4) is 0 Å². The normalized spacial score (nSPS) is 17.4. The lowest BCUT2D eigenvalue weighted by molar-refractivity contribution is -0.138. The fourth-order valence-corrected chi connectivity index (χ4v) is 4.03. The number of carbonyl (C=O) groups excluding carboxylic acids is 1. The molecule has 1 aliphatic carbocycles. The molecule has 0 saturated heterocycles. The first-order chi connectivity index (χ1) is 13.3. The SMILES string of the molecule is CCNC(=NCC1(C(=O)N(C)C)CCCC1)NCC(C)Cn1nc(C)cc1C. The van der Waals surface area contributed by atoms with E-state index in [1.54, 1.807) is 4.90 Å². The van der Waals surface area contributed by atoms with Gasteiger partial charge in [0.15, 0.2) is 5.96 Å². The highest BCUT2D eigenvalue weighted by molar-refractivity contribution is 5.84. The van der Waals surface area contributed by atoms with Crippen LogP contribution in [0.5, 0.6) is 0 Å². The molecule has 1 unspecified atom stereocenters. The Hall–Kier alpha value is -2.05. The van der Waals surface area contributed by atoms with E-state index in [1.165, 1.54) is 5.69 Å². The lowest BCUT2D eigenvalue weighted by Gasteiger charge is -2.29. The Morgan fingerprint density at radius 1 is 1.32 bits per heavy atom. The molecule has 2 rings (SSSR count). The number of nitrogens with one attached hydrogen (secondary N) is 2. The van der Waals surface area contributed by atoms with Crippen molar-refractivity contribution in [2.45, 2.75) is 59.9 Å². The molecule has 158 valence electrons. The Labute approximate surface area is 170 Å². The summed E-state index contributed by atoms with van der Waals surface area (Å²) in [6, 6.07) is 2.11. The van der Waals surface area contributed by atoms with Gasteiger partial charge in [-0.1, -0.05) is 19.8 Å². The Kier molecular flexibility index (Phi) is 7.89. The highest BCUT2D eigenvalue weighted by atomic mass is 16.2. The van der Waals surface area contributed by atoms with Gasteiger partial charge in [-0.3, -0.25) is 14.5 Å². The van der Waals surface area contributed by atoms with Crippen molar-refractivity contribution in [3.63, 3.8) is 0 Å². The Morgan fingerprint density at radius 3 is 2.54 bits per heavy atom. The second-order valence-corrected chi connectivity index (χ2v) is 8.48. The summed E-state index contributed by atoms with van der Waals surface area (Å²) in [7, 11) is 3.69. The number of hydrogen-bond donors (Lipinski definition) is 2. The largest absolute Gasteiger partial charge is 0.357 e. The molecule has 1 amide bonds. The second-order valence-electron chi connectivity index (χ2n) is 8.48. The molecule has 28 heavy (non-hydrogen) atoms. The molecule has 2 N–H and O–H groups in total. The van der Waals surface area contributed by atoms with Gasteiger partial charge in [-0.15, -0.1) is 0 Å². The van der Waals surface area contributed by atoms with Crippen molar-refractivity contribution in [3.8, 4) is 0 Å². The van der Waals surface area contributed by atoms with Crippen LogP contribution in [0, 0.1) is 25.2 Å². The van der Waals surface area contributed by atoms with Crippen molar-refractivity contribution >= 4 is 11.9 Å². The topological polar surface area (TPSA) is 74.6 Å². The number of aromatic nitrogens is 2. The number of amides is 1. The van der Waals surface area contributed by atoms with E-state index in [0.717, 1.165) is 57.0 Å². The maximum Gasteiger partial charge on any atom is 0.230 e. The predicted molar refractivity (Wildman–Crippen MR) is 114 cm³/mol. The number of guanidine groups is 1. The lowest BCUT2D eigenvalue weighted by Crippen LogP contribution is -2.44.